The normalized spacial score (nSPS) is 12.3. The molecule has 3 aromatic carbocycles. The molecule has 0 unspecified atom stereocenters. The molecule has 0 aliphatic heterocycles. The molecule has 1 aliphatic carbocycles. The summed E-state index contributed by atoms with van der Waals surface area (Å²) < 4.78 is 5.87. The smallest absolute Gasteiger partial charge is 0.130 e. The second-order valence-corrected chi connectivity index (χ2v) is 7.53. The van der Waals surface area contributed by atoms with E-state index in [-0.39, 0.29) is 26.2 Å². The third-order valence-electron chi connectivity index (χ3n) is 5.58. The molecule has 0 N–H and O–H groups in total. The summed E-state index contributed by atoms with van der Waals surface area (Å²) in [7, 11) is 0. The maximum absolute atomic E-state index is 5.87. The van der Waals surface area contributed by atoms with Crippen molar-refractivity contribution in [1.82, 2.24) is 0 Å². The quantitative estimate of drug-likeness (QED) is 0.317. The Balaban J connectivity index is 0.00000205. The zero-order valence-corrected chi connectivity index (χ0v) is 19.2. The molecule has 1 nitrogen and oxygen atoms in total. The van der Waals surface area contributed by atoms with Gasteiger partial charge in [0.25, 0.3) is 0 Å². The summed E-state index contributed by atoms with van der Waals surface area (Å²) in [6.07, 6.45) is 3.23. The van der Waals surface area contributed by atoms with Crippen molar-refractivity contribution in [3.63, 3.8) is 0 Å². The van der Waals surface area contributed by atoms with Crippen LogP contribution in [0.3, 0.4) is 0 Å². The standard InChI is InChI=1S/C27H22O.Zr/c1-18-8-10-23-16-24(26-15-9-19(2)28-26)17-25(23)27(18)22-13-11-21(12-14-22)20-6-4-3-5-7-20;/h3-15,17H,16H2,1-2H3;. The van der Waals surface area contributed by atoms with Gasteiger partial charge < -0.3 is 4.42 Å². The Kier molecular flexibility index (Phi) is 5.57. The molecule has 0 saturated heterocycles. The van der Waals surface area contributed by atoms with Gasteiger partial charge in [0.05, 0.1) is 0 Å². The van der Waals surface area contributed by atoms with Gasteiger partial charge in [-0.2, -0.15) is 0 Å². The summed E-state index contributed by atoms with van der Waals surface area (Å²) in [5.74, 6) is 1.94. The molecular formula is C27H22OZr. The molecule has 1 aliphatic rings. The molecule has 0 radical (unpaired) electrons. The van der Waals surface area contributed by atoms with Crippen molar-refractivity contribution in [2.75, 3.05) is 0 Å². The summed E-state index contributed by atoms with van der Waals surface area (Å²) in [5.41, 5.74) is 10.4. The predicted molar refractivity (Wildman–Crippen MR) is 117 cm³/mol. The Hall–Kier alpha value is -2.44. The zero-order chi connectivity index (χ0) is 19.1. The molecule has 0 bridgehead atoms. The molecule has 5 rings (SSSR count). The van der Waals surface area contributed by atoms with Gasteiger partial charge in [-0.25, -0.2) is 0 Å². The van der Waals surface area contributed by atoms with E-state index in [4.69, 9.17) is 4.42 Å². The van der Waals surface area contributed by atoms with Gasteiger partial charge in [0.15, 0.2) is 0 Å². The van der Waals surface area contributed by atoms with Crippen LogP contribution < -0.4 is 0 Å². The van der Waals surface area contributed by atoms with E-state index in [1.807, 2.05) is 13.0 Å². The van der Waals surface area contributed by atoms with Gasteiger partial charge in [0, 0.05) is 32.6 Å². The van der Waals surface area contributed by atoms with Crippen molar-refractivity contribution in [3.8, 4) is 22.3 Å². The molecule has 1 heterocycles. The van der Waals surface area contributed by atoms with E-state index in [0.717, 1.165) is 17.9 Å². The first kappa shape index (κ1) is 19.9. The van der Waals surface area contributed by atoms with Gasteiger partial charge in [0.2, 0.25) is 0 Å². The van der Waals surface area contributed by atoms with Crippen LogP contribution in [-0.2, 0) is 32.6 Å². The van der Waals surface area contributed by atoms with Crippen LogP contribution in [0, 0.1) is 13.8 Å². The first-order valence-corrected chi connectivity index (χ1v) is 9.75. The summed E-state index contributed by atoms with van der Waals surface area (Å²) in [6.45, 7) is 4.19. The van der Waals surface area contributed by atoms with E-state index in [2.05, 4.69) is 85.8 Å². The summed E-state index contributed by atoms with van der Waals surface area (Å²) in [4.78, 5) is 0. The van der Waals surface area contributed by atoms with Crippen LogP contribution in [0.4, 0.5) is 0 Å². The van der Waals surface area contributed by atoms with E-state index in [1.165, 1.54) is 44.5 Å². The van der Waals surface area contributed by atoms with Crippen molar-refractivity contribution in [2.45, 2.75) is 20.3 Å². The van der Waals surface area contributed by atoms with Crippen molar-refractivity contribution < 1.29 is 30.6 Å². The predicted octanol–water partition coefficient (Wildman–Crippen LogP) is 7.32. The van der Waals surface area contributed by atoms with E-state index in [0.29, 0.717) is 0 Å². The van der Waals surface area contributed by atoms with Gasteiger partial charge >= 0.3 is 0 Å². The van der Waals surface area contributed by atoms with Gasteiger partial charge in [0.1, 0.15) is 11.5 Å². The van der Waals surface area contributed by atoms with Crippen LogP contribution in [-0.4, -0.2) is 0 Å². The second-order valence-electron chi connectivity index (χ2n) is 7.53. The molecule has 29 heavy (non-hydrogen) atoms. The minimum Gasteiger partial charge on any atom is -0.462 e. The van der Waals surface area contributed by atoms with E-state index in [1.54, 1.807) is 0 Å². The number of hydrogen-bond donors (Lipinski definition) is 0. The van der Waals surface area contributed by atoms with Crippen LogP contribution in [0.1, 0.15) is 28.2 Å². The van der Waals surface area contributed by atoms with Crippen LogP contribution >= 0.6 is 0 Å². The molecule has 0 fully saturated rings. The monoisotopic (exact) mass is 452 g/mol. The van der Waals surface area contributed by atoms with Crippen molar-refractivity contribution >= 4 is 11.6 Å². The zero-order valence-electron chi connectivity index (χ0n) is 16.7. The second kappa shape index (κ2) is 8.13. The minimum absolute atomic E-state index is 0. The third kappa shape index (κ3) is 3.74. The molecule has 0 amide bonds. The van der Waals surface area contributed by atoms with Gasteiger partial charge in [-0.3, -0.25) is 0 Å². The van der Waals surface area contributed by atoms with Crippen molar-refractivity contribution in [3.05, 3.63) is 107 Å². The number of furan rings is 1. The Bertz CT molecular complexity index is 1180. The van der Waals surface area contributed by atoms with Gasteiger partial charge in [-0.15, -0.1) is 0 Å². The minimum atomic E-state index is 0. The fourth-order valence-corrected chi connectivity index (χ4v) is 4.13. The molecule has 140 valence electrons. The molecule has 0 saturated carbocycles. The third-order valence-corrected chi connectivity index (χ3v) is 5.58. The van der Waals surface area contributed by atoms with Crippen LogP contribution in [0.2, 0.25) is 0 Å². The Labute approximate surface area is 191 Å². The maximum atomic E-state index is 5.87. The van der Waals surface area contributed by atoms with E-state index < -0.39 is 0 Å². The maximum Gasteiger partial charge on any atom is 0.130 e. The molecule has 0 spiro atoms. The van der Waals surface area contributed by atoms with Crippen LogP contribution in [0.5, 0.6) is 0 Å². The number of benzene rings is 3. The average Bonchev–Trinajstić information content (AvgIpc) is 3.35. The Morgan fingerprint density at radius 3 is 2.07 bits per heavy atom. The molecular weight excluding hydrogens is 432 g/mol. The molecule has 4 aromatic rings. The van der Waals surface area contributed by atoms with Crippen LogP contribution in [0.25, 0.3) is 33.9 Å². The molecule has 2 heteroatoms. The summed E-state index contributed by atoms with van der Waals surface area (Å²) >= 11 is 0. The topological polar surface area (TPSA) is 13.1 Å². The Morgan fingerprint density at radius 1 is 0.690 bits per heavy atom. The van der Waals surface area contributed by atoms with Crippen molar-refractivity contribution in [2.24, 2.45) is 0 Å². The molecule has 1 aromatic heterocycles. The number of aryl methyl sites for hydroxylation is 2. The number of fused-ring (bicyclic) bond motifs is 1. The largest absolute Gasteiger partial charge is 0.462 e. The number of hydrogen-bond acceptors (Lipinski definition) is 1. The fourth-order valence-electron chi connectivity index (χ4n) is 4.13. The van der Waals surface area contributed by atoms with E-state index >= 15 is 0 Å². The molecule has 0 atom stereocenters. The number of allylic oxidation sites excluding steroid dienone is 1. The van der Waals surface area contributed by atoms with E-state index in [9.17, 15) is 0 Å². The first-order chi connectivity index (χ1) is 13.7. The Morgan fingerprint density at radius 2 is 1.38 bits per heavy atom. The fraction of sp³-hybridized carbons (Fsp3) is 0.111. The summed E-state index contributed by atoms with van der Waals surface area (Å²) in [5, 5.41) is 0. The van der Waals surface area contributed by atoms with Gasteiger partial charge in [-0.05, 0) is 76.6 Å². The first-order valence-electron chi connectivity index (χ1n) is 9.75. The van der Waals surface area contributed by atoms with Crippen molar-refractivity contribution in [1.29, 1.82) is 0 Å². The van der Waals surface area contributed by atoms with Crippen LogP contribution in [0.15, 0.2) is 83.3 Å². The average molecular weight is 454 g/mol. The summed E-state index contributed by atoms with van der Waals surface area (Å²) in [6, 6.07) is 28.1. The SMILES string of the molecule is Cc1ccc(C2=Cc3c(ccc(C)c3-c3ccc(-c4ccccc4)cc3)C2)o1.[Zr]. The number of rotatable bonds is 3. The van der Waals surface area contributed by atoms with Gasteiger partial charge in [-0.1, -0.05) is 66.7 Å².